The lowest BCUT2D eigenvalue weighted by molar-refractivity contribution is -0.896. The van der Waals surface area contributed by atoms with E-state index in [1.54, 1.807) is 6.92 Å². The molecule has 3 rings (SSSR count). The summed E-state index contributed by atoms with van der Waals surface area (Å²) in [5.74, 6) is 1.09. The first-order chi connectivity index (χ1) is 13.2. The zero-order chi connectivity index (χ0) is 20.3. The molecular formula is C20H22F3N2O3+. The third kappa shape index (κ3) is 4.75. The van der Waals surface area contributed by atoms with Gasteiger partial charge in [-0.1, -0.05) is 12.1 Å². The van der Waals surface area contributed by atoms with Crippen LogP contribution in [0.4, 0.5) is 18.9 Å². The number of amides is 1. The number of anilines is 1. The molecule has 8 heteroatoms. The summed E-state index contributed by atoms with van der Waals surface area (Å²) in [5, 5.41) is 2.65. The van der Waals surface area contributed by atoms with Crippen LogP contribution in [0.3, 0.4) is 0 Å². The lowest BCUT2D eigenvalue weighted by Gasteiger charge is -2.29. The average Bonchev–Trinajstić information content (AvgIpc) is 2.67. The van der Waals surface area contributed by atoms with E-state index < -0.39 is 17.8 Å². The van der Waals surface area contributed by atoms with E-state index in [0.29, 0.717) is 30.3 Å². The molecule has 2 N–H and O–H groups in total. The number of hydrogen-bond donors (Lipinski definition) is 2. The summed E-state index contributed by atoms with van der Waals surface area (Å²) >= 11 is 0. The van der Waals surface area contributed by atoms with Crippen molar-refractivity contribution in [1.82, 2.24) is 0 Å². The summed E-state index contributed by atoms with van der Waals surface area (Å²) in [7, 11) is 1.86. The number of hydrogen-bond acceptors (Lipinski definition) is 3. The molecule has 0 saturated carbocycles. The Kier molecular flexibility index (Phi) is 5.79. The molecule has 2 aromatic carbocycles. The van der Waals surface area contributed by atoms with Crippen LogP contribution < -0.4 is 19.7 Å². The number of alkyl halides is 3. The molecule has 5 nitrogen and oxygen atoms in total. The van der Waals surface area contributed by atoms with E-state index in [2.05, 4.69) is 5.32 Å². The number of carbonyl (C=O) groups excluding carboxylic acids is 1. The number of carbonyl (C=O) groups is 1. The molecule has 0 radical (unpaired) electrons. The maximum atomic E-state index is 12.6. The molecule has 1 heterocycles. The van der Waals surface area contributed by atoms with Gasteiger partial charge in [-0.3, -0.25) is 4.79 Å². The Hall–Kier alpha value is -2.74. The fourth-order valence-corrected chi connectivity index (χ4v) is 2.92. The van der Waals surface area contributed by atoms with Crippen LogP contribution in [0.1, 0.15) is 12.5 Å². The highest BCUT2D eigenvalue weighted by molar-refractivity contribution is 5.93. The Labute approximate surface area is 161 Å². The van der Waals surface area contributed by atoms with Gasteiger partial charge in [0.1, 0.15) is 13.2 Å². The van der Waals surface area contributed by atoms with Crippen LogP contribution in [0.15, 0.2) is 48.5 Å². The Morgan fingerprint density at radius 3 is 2.46 bits per heavy atom. The Morgan fingerprint density at radius 2 is 1.82 bits per heavy atom. The minimum Gasteiger partial charge on any atom is -0.486 e. The smallest absolute Gasteiger partial charge is 0.416 e. The predicted octanol–water partition coefficient (Wildman–Crippen LogP) is 2.39. The fraction of sp³-hybridized carbons (Fsp3) is 0.350. The van der Waals surface area contributed by atoms with E-state index in [-0.39, 0.29) is 12.0 Å². The van der Waals surface area contributed by atoms with Gasteiger partial charge in [0.05, 0.1) is 12.6 Å². The molecule has 28 heavy (non-hydrogen) atoms. The molecule has 1 amide bonds. The number of benzene rings is 2. The van der Waals surface area contributed by atoms with E-state index >= 15 is 0 Å². The number of nitrogens with one attached hydrogen (secondary N) is 2. The maximum absolute atomic E-state index is 12.6. The second-order valence-corrected chi connectivity index (χ2v) is 6.83. The highest BCUT2D eigenvalue weighted by Crippen LogP contribution is 2.31. The zero-order valence-electron chi connectivity index (χ0n) is 15.5. The van der Waals surface area contributed by atoms with Crippen LogP contribution >= 0.6 is 0 Å². The lowest BCUT2D eigenvalue weighted by Crippen LogP contribution is -3.15. The normalized spacial score (nSPS) is 18.2. The topological polar surface area (TPSA) is 52.0 Å². The van der Waals surface area contributed by atoms with Crippen molar-refractivity contribution in [3.63, 3.8) is 0 Å². The third-order valence-corrected chi connectivity index (χ3v) is 4.73. The summed E-state index contributed by atoms with van der Waals surface area (Å²) in [6.07, 6.45) is -4.60. The third-order valence-electron chi connectivity index (χ3n) is 4.73. The maximum Gasteiger partial charge on any atom is 0.416 e. The second-order valence-electron chi connectivity index (χ2n) is 6.83. The Bertz CT molecular complexity index is 824. The van der Waals surface area contributed by atoms with Crippen molar-refractivity contribution in [2.24, 2.45) is 0 Å². The number of fused-ring (bicyclic) bond motifs is 1. The fourth-order valence-electron chi connectivity index (χ4n) is 2.92. The molecule has 1 aliphatic rings. The summed E-state index contributed by atoms with van der Waals surface area (Å²) in [6, 6.07) is 11.4. The summed E-state index contributed by atoms with van der Waals surface area (Å²) in [5.41, 5.74) is -0.431. The quantitative estimate of drug-likeness (QED) is 0.818. The van der Waals surface area contributed by atoms with Crippen molar-refractivity contribution in [3.05, 3.63) is 54.1 Å². The van der Waals surface area contributed by atoms with E-state index in [1.807, 2.05) is 31.3 Å². The minimum absolute atomic E-state index is 0.198. The zero-order valence-corrected chi connectivity index (χ0v) is 15.5. The number of quaternary nitrogens is 1. The van der Waals surface area contributed by atoms with Crippen molar-refractivity contribution in [2.45, 2.75) is 25.2 Å². The van der Waals surface area contributed by atoms with E-state index in [0.717, 1.165) is 17.0 Å². The van der Waals surface area contributed by atoms with Gasteiger partial charge in [-0.2, -0.15) is 13.2 Å². The predicted molar refractivity (Wildman–Crippen MR) is 97.6 cm³/mol. The lowest BCUT2D eigenvalue weighted by atomic mass is 10.2. The van der Waals surface area contributed by atoms with Crippen LogP contribution in [0.2, 0.25) is 0 Å². The van der Waals surface area contributed by atoms with Crippen molar-refractivity contribution >= 4 is 11.6 Å². The number of ether oxygens (including phenoxy) is 2. The number of likely N-dealkylation sites (N-methyl/N-ethyl adjacent to an activating group) is 1. The van der Waals surface area contributed by atoms with Crippen LogP contribution in [0, 0.1) is 0 Å². The van der Waals surface area contributed by atoms with Gasteiger partial charge in [0.15, 0.2) is 23.6 Å². The van der Waals surface area contributed by atoms with Gasteiger partial charge in [0.2, 0.25) is 0 Å². The van der Waals surface area contributed by atoms with Crippen LogP contribution in [-0.4, -0.2) is 38.3 Å². The van der Waals surface area contributed by atoms with Gasteiger partial charge in [-0.25, -0.2) is 0 Å². The van der Waals surface area contributed by atoms with Gasteiger partial charge in [0, 0.05) is 5.69 Å². The molecule has 0 fully saturated rings. The van der Waals surface area contributed by atoms with Crippen molar-refractivity contribution in [2.75, 3.05) is 25.5 Å². The van der Waals surface area contributed by atoms with Crippen LogP contribution in [0.5, 0.6) is 11.5 Å². The van der Waals surface area contributed by atoms with Gasteiger partial charge in [0.25, 0.3) is 5.91 Å². The molecule has 150 valence electrons. The Balaban J connectivity index is 1.54. The number of halogens is 3. The van der Waals surface area contributed by atoms with Crippen LogP contribution in [-0.2, 0) is 11.0 Å². The molecular weight excluding hydrogens is 373 g/mol. The summed E-state index contributed by atoms with van der Waals surface area (Å²) in [6.45, 7) is 2.68. The average molecular weight is 395 g/mol. The first-order valence-electron chi connectivity index (χ1n) is 8.93. The first kappa shape index (κ1) is 20.0. The minimum atomic E-state index is -4.40. The highest BCUT2D eigenvalue weighted by atomic mass is 19.4. The number of para-hydroxylation sites is 2. The van der Waals surface area contributed by atoms with E-state index in [1.165, 1.54) is 12.1 Å². The standard InChI is InChI=1S/C20H21F3N2O3/c1-13(19(26)24-15-9-7-14(8-10-15)20(21,22)23)25(2)11-16-12-27-17-5-3-4-6-18(17)28-16/h3-10,13,16H,11-12H2,1-2H3,(H,24,26)/p+1/t13-,16-/m1/s1. The molecule has 0 saturated heterocycles. The summed E-state index contributed by atoms with van der Waals surface area (Å²) < 4.78 is 49.4. The molecule has 0 aromatic heterocycles. The van der Waals surface area contributed by atoms with Gasteiger partial charge >= 0.3 is 6.18 Å². The van der Waals surface area contributed by atoms with Crippen LogP contribution in [0.25, 0.3) is 0 Å². The molecule has 0 bridgehead atoms. The largest absolute Gasteiger partial charge is 0.486 e. The van der Waals surface area contributed by atoms with Gasteiger partial charge in [-0.05, 0) is 43.3 Å². The van der Waals surface area contributed by atoms with Crippen molar-refractivity contribution in [1.29, 1.82) is 0 Å². The number of rotatable bonds is 5. The van der Waals surface area contributed by atoms with Gasteiger partial charge in [-0.15, -0.1) is 0 Å². The van der Waals surface area contributed by atoms with Crippen molar-refractivity contribution < 1.29 is 32.3 Å². The molecule has 1 aliphatic heterocycles. The molecule has 1 unspecified atom stereocenters. The molecule has 0 aliphatic carbocycles. The highest BCUT2D eigenvalue weighted by Gasteiger charge is 2.31. The SMILES string of the molecule is C[C@H](C(=O)Nc1ccc(C(F)(F)F)cc1)[NH+](C)C[C@@H]1COc2ccccc2O1. The van der Waals surface area contributed by atoms with E-state index in [4.69, 9.17) is 9.47 Å². The van der Waals surface area contributed by atoms with Crippen molar-refractivity contribution in [3.8, 4) is 11.5 Å². The second kappa shape index (κ2) is 8.10. The van der Waals surface area contributed by atoms with E-state index in [9.17, 15) is 18.0 Å². The summed E-state index contributed by atoms with van der Waals surface area (Å²) in [4.78, 5) is 13.3. The molecule has 0 spiro atoms. The first-order valence-corrected chi connectivity index (χ1v) is 8.93. The monoisotopic (exact) mass is 395 g/mol. The Morgan fingerprint density at radius 1 is 1.18 bits per heavy atom. The molecule has 2 aromatic rings. The van der Waals surface area contributed by atoms with Gasteiger partial charge < -0.3 is 19.7 Å². The molecule has 3 atom stereocenters.